The number of nitrogens with zero attached hydrogens (tertiary/aromatic N) is 1. The lowest BCUT2D eigenvalue weighted by Gasteiger charge is -2.30. The second-order valence-electron chi connectivity index (χ2n) is 16.5. The van der Waals surface area contributed by atoms with E-state index >= 15 is 0 Å². The van der Waals surface area contributed by atoms with Crippen molar-refractivity contribution in [3.8, 4) is 67.0 Å². The van der Waals surface area contributed by atoms with E-state index in [4.69, 9.17) is 4.98 Å². The van der Waals surface area contributed by atoms with E-state index in [0.717, 1.165) is 28.1 Å². The lowest BCUT2D eigenvalue weighted by Crippen LogP contribution is -2.25. The zero-order valence-corrected chi connectivity index (χ0v) is 33.3. The Hall–Kier alpha value is -7.87. The number of hydrogen-bond acceptors (Lipinski definition) is 1. The summed E-state index contributed by atoms with van der Waals surface area (Å²) in [5.41, 5.74) is 19.3. The summed E-state index contributed by atoms with van der Waals surface area (Å²) < 4.78 is 0. The minimum Gasteiger partial charge on any atom is -0.248 e. The van der Waals surface area contributed by atoms with Gasteiger partial charge in [-0.05, 0) is 123 Å². The summed E-state index contributed by atoms with van der Waals surface area (Å²) >= 11 is 0. The van der Waals surface area contributed by atoms with Gasteiger partial charge in [0.05, 0.1) is 16.8 Å². The Balaban J connectivity index is 1.05. The van der Waals surface area contributed by atoms with Crippen molar-refractivity contribution in [2.45, 2.75) is 5.41 Å². The molecule has 2 aliphatic carbocycles. The quantitative estimate of drug-likeness (QED) is 0.162. The van der Waals surface area contributed by atoms with Gasteiger partial charge in [-0.15, -0.1) is 0 Å². The van der Waals surface area contributed by atoms with Gasteiger partial charge in [-0.25, -0.2) is 4.98 Å². The molecular formula is C60H37N. The average molecular weight is 772 g/mol. The van der Waals surface area contributed by atoms with Gasteiger partial charge < -0.3 is 0 Å². The Kier molecular flexibility index (Phi) is 7.29. The molecule has 0 unspecified atom stereocenters. The van der Waals surface area contributed by atoms with Crippen LogP contribution in [0.3, 0.4) is 0 Å². The van der Waals surface area contributed by atoms with Gasteiger partial charge in [0, 0.05) is 11.1 Å². The highest BCUT2D eigenvalue weighted by Crippen LogP contribution is 2.63. The summed E-state index contributed by atoms with van der Waals surface area (Å²) in [6.07, 6.45) is 0. The molecule has 1 spiro atoms. The third kappa shape index (κ3) is 4.86. The number of hydrogen-bond donors (Lipinski definition) is 0. The van der Waals surface area contributed by atoms with Crippen LogP contribution in [0, 0.1) is 0 Å². The van der Waals surface area contributed by atoms with Crippen LogP contribution in [0.4, 0.5) is 0 Å². The van der Waals surface area contributed by atoms with Gasteiger partial charge in [0.15, 0.2) is 0 Å². The molecule has 282 valence electrons. The maximum absolute atomic E-state index is 5.19. The Bertz CT molecular complexity index is 3460. The van der Waals surface area contributed by atoms with E-state index < -0.39 is 5.41 Å². The monoisotopic (exact) mass is 771 g/mol. The van der Waals surface area contributed by atoms with Crippen LogP contribution in [0.15, 0.2) is 224 Å². The standard InChI is InChI=1S/C60H37N/c1-3-16-38(17-4-1)57-36-42(37-58(61-57)39-18-5-2-6-19-39)40-30-33-51-52(34-40)45-21-8-7-20-44(45)50-26-15-25-43(59(50)51)41-31-32-49-48-24-11-14-29-55(48)60(56(49)35-41)53-27-12-9-22-46(53)47-23-10-13-28-54(47)60/h1-37H. The molecule has 0 saturated heterocycles. The van der Waals surface area contributed by atoms with Gasteiger partial charge in [-0.3, -0.25) is 0 Å². The van der Waals surface area contributed by atoms with Crippen LogP contribution in [-0.2, 0) is 5.41 Å². The van der Waals surface area contributed by atoms with E-state index in [9.17, 15) is 0 Å². The molecule has 13 rings (SSSR count). The van der Waals surface area contributed by atoms with Crippen molar-refractivity contribution in [3.05, 3.63) is 247 Å². The molecule has 2 aliphatic rings. The Labute approximate surface area is 354 Å². The molecule has 0 radical (unpaired) electrons. The molecule has 0 amide bonds. The van der Waals surface area contributed by atoms with Crippen molar-refractivity contribution < 1.29 is 0 Å². The first kappa shape index (κ1) is 34.0. The highest BCUT2D eigenvalue weighted by Gasteiger charge is 2.51. The molecule has 0 atom stereocenters. The summed E-state index contributed by atoms with van der Waals surface area (Å²) in [4.78, 5) is 5.19. The molecular weight excluding hydrogens is 735 g/mol. The largest absolute Gasteiger partial charge is 0.248 e. The van der Waals surface area contributed by atoms with E-state index in [1.54, 1.807) is 0 Å². The van der Waals surface area contributed by atoms with Crippen LogP contribution in [0.2, 0.25) is 0 Å². The number of aromatic nitrogens is 1. The number of fused-ring (bicyclic) bond motifs is 16. The summed E-state index contributed by atoms with van der Waals surface area (Å²) in [5.74, 6) is 0. The van der Waals surface area contributed by atoms with E-state index in [-0.39, 0.29) is 0 Å². The Morgan fingerprint density at radius 3 is 1.31 bits per heavy atom. The maximum atomic E-state index is 5.19. The average Bonchev–Trinajstić information content (AvgIpc) is 3.81. The smallest absolute Gasteiger partial charge is 0.0725 e. The van der Waals surface area contributed by atoms with Crippen molar-refractivity contribution in [3.63, 3.8) is 0 Å². The predicted molar refractivity (Wildman–Crippen MR) is 255 cm³/mol. The number of rotatable bonds is 4. The zero-order chi connectivity index (χ0) is 40.1. The van der Waals surface area contributed by atoms with Crippen molar-refractivity contribution in [1.82, 2.24) is 4.98 Å². The number of pyridine rings is 1. The third-order valence-corrected chi connectivity index (χ3v) is 13.5. The second-order valence-corrected chi connectivity index (χ2v) is 16.5. The fourth-order valence-corrected chi connectivity index (χ4v) is 10.9. The van der Waals surface area contributed by atoms with Crippen molar-refractivity contribution in [2.75, 3.05) is 0 Å². The van der Waals surface area contributed by atoms with Crippen LogP contribution in [-0.4, -0.2) is 4.98 Å². The molecule has 1 aromatic heterocycles. The van der Waals surface area contributed by atoms with E-state index in [1.165, 1.54) is 93.5 Å². The molecule has 1 nitrogen and oxygen atoms in total. The fourth-order valence-electron chi connectivity index (χ4n) is 10.9. The highest BCUT2D eigenvalue weighted by atomic mass is 14.7. The molecule has 0 N–H and O–H groups in total. The maximum Gasteiger partial charge on any atom is 0.0725 e. The van der Waals surface area contributed by atoms with Gasteiger partial charge in [0.25, 0.3) is 0 Å². The Morgan fingerprint density at radius 2 is 0.705 bits per heavy atom. The first-order valence-corrected chi connectivity index (χ1v) is 21.2. The first-order valence-electron chi connectivity index (χ1n) is 21.2. The van der Waals surface area contributed by atoms with Crippen molar-refractivity contribution >= 4 is 32.3 Å². The lowest BCUT2D eigenvalue weighted by atomic mass is 9.70. The van der Waals surface area contributed by atoms with Gasteiger partial charge >= 0.3 is 0 Å². The van der Waals surface area contributed by atoms with E-state index in [1.807, 2.05) is 0 Å². The normalized spacial score (nSPS) is 13.0. The third-order valence-electron chi connectivity index (χ3n) is 13.5. The van der Waals surface area contributed by atoms with Gasteiger partial charge in [-0.1, -0.05) is 200 Å². The molecule has 1 heterocycles. The molecule has 1 heteroatoms. The zero-order valence-electron chi connectivity index (χ0n) is 33.3. The SMILES string of the molecule is c1ccc(-c2cc(-c3ccc4c(c3)c3ccccc3c3cccc(-c5ccc6c(c5)C5(c7ccccc7-c7ccccc75)c5ccccc5-6)c34)cc(-c3ccccc3)n2)cc1. The van der Waals surface area contributed by atoms with E-state index in [0.29, 0.717) is 0 Å². The van der Waals surface area contributed by atoms with E-state index in [2.05, 4.69) is 224 Å². The van der Waals surface area contributed by atoms with Crippen LogP contribution in [0.5, 0.6) is 0 Å². The molecule has 0 aliphatic heterocycles. The van der Waals surface area contributed by atoms with Gasteiger partial charge in [0.1, 0.15) is 0 Å². The predicted octanol–water partition coefficient (Wildman–Crippen LogP) is 15.6. The van der Waals surface area contributed by atoms with Gasteiger partial charge in [-0.2, -0.15) is 0 Å². The summed E-state index contributed by atoms with van der Waals surface area (Å²) in [6.45, 7) is 0. The molecule has 61 heavy (non-hydrogen) atoms. The van der Waals surface area contributed by atoms with Crippen LogP contribution < -0.4 is 0 Å². The first-order chi connectivity index (χ1) is 30.3. The van der Waals surface area contributed by atoms with Gasteiger partial charge in [0.2, 0.25) is 0 Å². The fraction of sp³-hybridized carbons (Fsp3) is 0.0167. The van der Waals surface area contributed by atoms with Crippen LogP contribution in [0.1, 0.15) is 22.3 Å². The summed E-state index contributed by atoms with van der Waals surface area (Å²) in [5, 5.41) is 7.57. The number of benzene rings is 10. The van der Waals surface area contributed by atoms with Crippen LogP contribution in [0.25, 0.3) is 99.3 Å². The van der Waals surface area contributed by atoms with Crippen LogP contribution >= 0.6 is 0 Å². The summed E-state index contributed by atoms with van der Waals surface area (Å²) in [7, 11) is 0. The minimum absolute atomic E-state index is 0.398. The topological polar surface area (TPSA) is 12.9 Å². The second kappa shape index (κ2) is 13.1. The molecule has 0 fully saturated rings. The van der Waals surface area contributed by atoms with Crippen molar-refractivity contribution in [1.29, 1.82) is 0 Å². The molecule has 0 bridgehead atoms. The molecule has 11 aromatic rings. The lowest BCUT2D eigenvalue weighted by molar-refractivity contribution is 0.794. The molecule has 10 aromatic carbocycles. The Morgan fingerprint density at radius 1 is 0.246 bits per heavy atom. The summed E-state index contributed by atoms with van der Waals surface area (Å²) in [6, 6.07) is 82.9. The van der Waals surface area contributed by atoms with Crippen molar-refractivity contribution in [2.24, 2.45) is 0 Å². The minimum atomic E-state index is -0.398. The molecule has 0 saturated carbocycles. The highest BCUT2D eigenvalue weighted by molar-refractivity contribution is 6.29.